The Morgan fingerprint density at radius 2 is 2.04 bits per heavy atom. The van der Waals surface area contributed by atoms with E-state index in [0.29, 0.717) is 24.2 Å². The monoisotopic (exact) mass is 337 g/mol. The van der Waals surface area contributed by atoms with E-state index in [2.05, 4.69) is 27.5 Å². The third kappa shape index (κ3) is 5.57. The highest BCUT2D eigenvalue weighted by molar-refractivity contribution is 5.96. The maximum atomic E-state index is 12.1. The summed E-state index contributed by atoms with van der Waals surface area (Å²) in [6, 6.07) is 10.7. The van der Waals surface area contributed by atoms with Crippen LogP contribution in [0, 0.1) is 18.3 Å². The van der Waals surface area contributed by atoms with E-state index in [1.165, 1.54) is 0 Å². The van der Waals surface area contributed by atoms with Crippen LogP contribution in [0.4, 0.5) is 5.82 Å². The average molecular weight is 337 g/mol. The molecule has 130 valence electrons. The van der Waals surface area contributed by atoms with Crippen LogP contribution in [0.5, 0.6) is 0 Å². The van der Waals surface area contributed by atoms with E-state index in [1.54, 1.807) is 24.3 Å². The van der Waals surface area contributed by atoms with Crippen molar-refractivity contribution in [2.75, 3.05) is 18.4 Å². The normalized spacial score (nSPS) is 10.1. The van der Waals surface area contributed by atoms with E-state index >= 15 is 0 Å². The maximum Gasteiger partial charge on any atom is 0.252 e. The molecule has 0 aliphatic carbocycles. The van der Waals surface area contributed by atoms with Crippen molar-refractivity contribution in [2.24, 2.45) is 0 Å². The predicted molar refractivity (Wildman–Crippen MR) is 97.4 cm³/mol. The summed E-state index contributed by atoms with van der Waals surface area (Å²) in [5, 5.41) is 15.1. The van der Waals surface area contributed by atoms with E-state index in [9.17, 15) is 4.79 Å². The van der Waals surface area contributed by atoms with Crippen LogP contribution in [0.3, 0.4) is 0 Å². The minimum atomic E-state index is -0.249. The van der Waals surface area contributed by atoms with Crippen LogP contribution in [-0.4, -0.2) is 29.0 Å². The SMILES string of the molecule is CCCCc1nc(C)cc(NCCNC(=O)c2ccccc2C#N)n1. The lowest BCUT2D eigenvalue weighted by atomic mass is 10.1. The highest BCUT2D eigenvalue weighted by Crippen LogP contribution is 2.09. The maximum absolute atomic E-state index is 12.1. The molecule has 25 heavy (non-hydrogen) atoms. The van der Waals surface area contributed by atoms with Gasteiger partial charge in [-0.1, -0.05) is 25.5 Å². The largest absolute Gasteiger partial charge is 0.368 e. The Hall–Kier alpha value is -2.94. The smallest absolute Gasteiger partial charge is 0.252 e. The van der Waals surface area contributed by atoms with Crippen molar-refractivity contribution in [3.63, 3.8) is 0 Å². The summed E-state index contributed by atoms with van der Waals surface area (Å²) in [6.45, 7) is 5.07. The Kier molecular flexibility index (Phi) is 6.90. The number of carbonyl (C=O) groups excluding carboxylic acids is 1. The van der Waals surface area contributed by atoms with Crippen LogP contribution in [-0.2, 0) is 6.42 Å². The molecule has 2 N–H and O–H groups in total. The van der Waals surface area contributed by atoms with E-state index in [1.807, 2.05) is 19.1 Å². The minimum absolute atomic E-state index is 0.249. The molecule has 2 aromatic rings. The molecular formula is C19H23N5O. The van der Waals surface area contributed by atoms with Crippen molar-refractivity contribution < 1.29 is 4.79 Å². The van der Waals surface area contributed by atoms with Crippen LogP contribution in [0.2, 0.25) is 0 Å². The van der Waals surface area contributed by atoms with Gasteiger partial charge >= 0.3 is 0 Å². The van der Waals surface area contributed by atoms with Gasteiger partial charge in [0.25, 0.3) is 5.91 Å². The van der Waals surface area contributed by atoms with Gasteiger partial charge in [-0.05, 0) is 25.5 Å². The number of nitrogens with zero attached hydrogens (tertiary/aromatic N) is 3. The highest BCUT2D eigenvalue weighted by atomic mass is 16.1. The molecule has 1 aromatic carbocycles. The number of hydrogen-bond donors (Lipinski definition) is 2. The van der Waals surface area contributed by atoms with Crippen LogP contribution in [0.15, 0.2) is 30.3 Å². The van der Waals surface area contributed by atoms with Gasteiger partial charge in [-0.3, -0.25) is 4.79 Å². The van der Waals surface area contributed by atoms with Gasteiger partial charge in [-0.25, -0.2) is 9.97 Å². The van der Waals surface area contributed by atoms with Crippen LogP contribution in [0.25, 0.3) is 0 Å². The Morgan fingerprint density at radius 1 is 1.24 bits per heavy atom. The van der Waals surface area contributed by atoms with Gasteiger partial charge in [-0.2, -0.15) is 5.26 Å². The molecule has 0 radical (unpaired) electrons. The summed E-state index contributed by atoms with van der Waals surface area (Å²) in [7, 11) is 0. The number of nitrogens with one attached hydrogen (secondary N) is 2. The van der Waals surface area contributed by atoms with E-state index < -0.39 is 0 Å². The van der Waals surface area contributed by atoms with Crippen molar-refractivity contribution in [3.05, 3.63) is 53.0 Å². The standard InChI is InChI=1S/C19H23N5O/c1-3-4-9-17-23-14(2)12-18(24-17)21-10-11-22-19(25)16-8-6-5-7-15(16)13-20/h5-8,12H,3-4,9-11H2,1-2H3,(H,22,25)(H,21,23,24). The second-order valence-electron chi connectivity index (χ2n) is 5.75. The van der Waals surface area contributed by atoms with Crippen molar-refractivity contribution in [1.29, 1.82) is 5.26 Å². The molecule has 0 atom stereocenters. The van der Waals surface area contributed by atoms with Crippen molar-refractivity contribution in [2.45, 2.75) is 33.1 Å². The average Bonchev–Trinajstić information content (AvgIpc) is 2.63. The summed E-state index contributed by atoms with van der Waals surface area (Å²) in [4.78, 5) is 21.1. The Bertz CT molecular complexity index is 767. The van der Waals surface area contributed by atoms with Crippen molar-refractivity contribution in [1.82, 2.24) is 15.3 Å². The van der Waals surface area contributed by atoms with Gasteiger partial charge in [0.05, 0.1) is 17.2 Å². The van der Waals surface area contributed by atoms with E-state index in [-0.39, 0.29) is 5.91 Å². The van der Waals surface area contributed by atoms with Gasteiger partial charge in [-0.15, -0.1) is 0 Å². The Labute approximate surface area is 148 Å². The molecule has 0 fully saturated rings. The number of hydrogen-bond acceptors (Lipinski definition) is 5. The molecule has 0 saturated heterocycles. The summed E-state index contributed by atoms with van der Waals surface area (Å²) in [6.07, 6.45) is 3.04. The molecule has 0 aliphatic heterocycles. The second-order valence-corrected chi connectivity index (χ2v) is 5.75. The number of benzene rings is 1. The summed E-state index contributed by atoms with van der Waals surface area (Å²) >= 11 is 0. The van der Waals surface area contributed by atoms with Crippen LogP contribution < -0.4 is 10.6 Å². The fourth-order valence-electron chi connectivity index (χ4n) is 2.41. The third-order valence-corrected chi connectivity index (χ3v) is 3.66. The fraction of sp³-hybridized carbons (Fsp3) is 0.368. The number of anilines is 1. The third-order valence-electron chi connectivity index (χ3n) is 3.66. The summed E-state index contributed by atoms with van der Waals surface area (Å²) in [5.41, 5.74) is 1.69. The zero-order valence-corrected chi connectivity index (χ0v) is 14.7. The summed E-state index contributed by atoms with van der Waals surface area (Å²) < 4.78 is 0. The highest BCUT2D eigenvalue weighted by Gasteiger charge is 2.09. The molecule has 6 nitrogen and oxygen atoms in total. The van der Waals surface area contributed by atoms with Crippen LogP contribution in [0.1, 0.15) is 47.2 Å². The molecule has 1 amide bonds. The first-order chi connectivity index (χ1) is 12.1. The van der Waals surface area contributed by atoms with E-state index in [4.69, 9.17) is 5.26 Å². The Morgan fingerprint density at radius 3 is 2.80 bits per heavy atom. The van der Waals surface area contributed by atoms with Crippen molar-refractivity contribution in [3.8, 4) is 6.07 Å². The minimum Gasteiger partial charge on any atom is -0.368 e. The second kappa shape index (κ2) is 9.38. The molecule has 6 heteroatoms. The first-order valence-corrected chi connectivity index (χ1v) is 8.49. The van der Waals surface area contributed by atoms with Gasteiger partial charge in [0.1, 0.15) is 11.6 Å². The van der Waals surface area contributed by atoms with Gasteiger partial charge in [0, 0.05) is 31.3 Å². The molecule has 0 bridgehead atoms. The molecule has 1 heterocycles. The molecule has 0 unspecified atom stereocenters. The number of carbonyl (C=O) groups is 1. The number of aromatic nitrogens is 2. The number of aryl methyl sites for hydroxylation is 2. The lowest BCUT2D eigenvalue weighted by molar-refractivity contribution is 0.0955. The first-order valence-electron chi connectivity index (χ1n) is 8.49. The number of unbranched alkanes of at least 4 members (excludes halogenated alkanes) is 1. The van der Waals surface area contributed by atoms with Gasteiger partial charge in [0.2, 0.25) is 0 Å². The topological polar surface area (TPSA) is 90.7 Å². The number of rotatable bonds is 8. The Balaban J connectivity index is 1.86. The van der Waals surface area contributed by atoms with E-state index in [0.717, 1.165) is 36.6 Å². The number of nitriles is 1. The van der Waals surface area contributed by atoms with Gasteiger partial charge < -0.3 is 10.6 Å². The molecular weight excluding hydrogens is 314 g/mol. The molecule has 0 saturated carbocycles. The molecule has 1 aromatic heterocycles. The quantitative estimate of drug-likeness (QED) is 0.723. The lowest BCUT2D eigenvalue weighted by Crippen LogP contribution is -2.29. The molecule has 0 aliphatic rings. The molecule has 0 spiro atoms. The molecule has 2 rings (SSSR count). The van der Waals surface area contributed by atoms with Gasteiger partial charge in [0.15, 0.2) is 0 Å². The summed E-state index contributed by atoms with van der Waals surface area (Å²) in [5.74, 6) is 1.36. The first kappa shape index (κ1) is 18.4. The van der Waals surface area contributed by atoms with Crippen LogP contribution >= 0.6 is 0 Å². The number of amides is 1. The fourth-order valence-corrected chi connectivity index (χ4v) is 2.41. The lowest BCUT2D eigenvalue weighted by Gasteiger charge is -2.10. The predicted octanol–water partition coefficient (Wildman–Crippen LogP) is 2.84. The zero-order chi connectivity index (χ0) is 18.1. The van der Waals surface area contributed by atoms with Crippen molar-refractivity contribution >= 4 is 11.7 Å². The zero-order valence-electron chi connectivity index (χ0n) is 14.7.